The fraction of sp³-hybridized carbons (Fsp3) is 0.625. The number of ether oxygens (including phenoxy) is 1. The second kappa shape index (κ2) is 6.90. The van der Waals surface area contributed by atoms with Gasteiger partial charge in [0.05, 0.1) is 12.9 Å². The summed E-state index contributed by atoms with van der Waals surface area (Å²) >= 11 is 0. The van der Waals surface area contributed by atoms with E-state index in [1.165, 1.54) is 22.9 Å². The van der Waals surface area contributed by atoms with E-state index in [0.717, 1.165) is 12.8 Å². The van der Waals surface area contributed by atoms with Crippen molar-refractivity contribution in [2.24, 2.45) is 5.92 Å². The minimum Gasteiger partial charge on any atom is -0.376 e. The van der Waals surface area contributed by atoms with Crippen molar-refractivity contribution in [1.29, 1.82) is 0 Å². The highest BCUT2D eigenvalue weighted by Crippen LogP contribution is 2.20. The zero-order chi connectivity index (χ0) is 15.5. The van der Waals surface area contributed by atoms with Gasteiger partial charge in [-0.25, -0.2) is 12.7 Å². The van der Waals surface area contributed by atoms with Gasteiger partial charge in [-0.3, -0.25) is 0 Å². The van der Waals surface area contributed by atoms with Crippen molar-refractivity contribution >= 4 is 10.0 Å². The Labute approximate surface area is 128 Å². The van der Waals surface area contributed by atoms with Crippen LogP contribution in [0.4, 0.5) is 0 Å². The monoisotopic (exact) mass is 311 g/mol. The summed E-state index contributed by atoms with van der Waals surface area (Å²) in [6.07, 6.45) is 3.06. The largest absolute Gasteiger partial charge is 0.376 e. The van der Waals surface area contributed by atoms with E-state index in [0.29, 0.717) is 32.2 Å². The second-order valence-electron chi connectivity index (χ2n) is 6.05. The molecule has 0 unspecified atom stereocenters. The van der Waals surface area contributed by atoms with Crippen LogP contribution in [0.1, 0.15) is 29.5 Å². The molecule has 21 heavy (non-hydrogen) atoms. The molecular formula is C16H25NO3S. The van der Waals surface area contributed by atoms with Gasteiger partial charge in [-0.1, -0.05) is 23.8 Å². The van der Waals surface area contributed by atoms with Crippen molar-refractivity contribution in [2.45, 2.75) is 33.3 Å². The average Bonchev–Trinajstić information content (AvgIpc) is 2.42. The molecule has 5 heteroatoms. The van der Waals surface area contributed by atoms with Gasteiger partial charge in [-0.05, 0) is 43.7 Å². The van der Waals surface area contributed by atoms with Crippen LogP contribution in [0.3, 0.4) is 0 Å². The van der Waals surface area contributed by atoms with Crippen molar-refractivity contribution in [3.05, 3.63) is 34.9 Å². The SMILES string of the molecule is Cc1ccc(C)c(COCC2CCN(S(C)(=O)=O)CC2)c1. The molecule has 0 radical (unpaired) electrons. The number of nitrogens with zero attached hydrogens (tertiary/aromatic N) is 1. The van der Waals surface area contributed by atoms with Gasteiger partial charge in [-0.2, -0.15) is 0 Å². The van der Waals surface area contributed by atoms with Crippen LogP contribution < -0.4 is 0 Å². The first-order valence-electron chi connectivity index (χ1n) is 7.45. The summed E-state index contributed by atoms with van der Waals surface area (Å²) in [6, 6.07) is 6.40. The highest BCUT2D eigenvalue weighted by molar-refractivity contribution is 7.88. The molecule has 1 fully saturated rings. The number of hydrogen-bond donors (Lipinski definition) is 0. The van der Waals surface area contributed by atoms with Crippen LogP contribution in [0.2, 0.25) is 0 Å². The van der Waals surface area contributed by atoms with Gasteiger partial charge in [0.15, 0.2) is 0 Å². The number of benzene rings is 1. The highest BCUT2D eigenvalue weighted by atomic mass is 32.2. The highest BCUT2D eigenvalue weighted by Gasteiger charge is 2.24. The molecule has 0 bridgehead atoms. The van der Waals surface area contributed by atoms with E-state index in [9.17, 15) is 8.42 Å². The summed E-state index contributed by atoms with van der Waals surface area (Å²) in [5.74, 6) is 0.466. The molecule has 0 N–H and O–H groups in total. The normalized spacial score (nSPS) is 18.0. The van der Waals surface area contributed by atoms with E-state index in [1.54, 1.807) is 4.31 Å². The molecule has 1 aromatic rings. The topological polar surface area (TPSA) is 46.6 Å². The smallest absolute Gasteiger partial charge is 0.211 e. The minimum atomic E-state index is -3.03. The molecular weight excluding hydrogens is 286 g/mol. The first-order chi connectivity index (χ1) is 9.86. The number of sulfonamides is 1. The summed E-state index contributed by atoms with van der Waals surface area (Å²) in [6.45, 7) is 6.78. The second-order valence-corrected chi connectivity index (χ2v) is 8.03. The lowest BCUT2D eigenvalue weighted by Crippen LogP contribution is -2.38. The predicted octanol–water partition coefficient (Wildman–Crippen LogP) is 2.49. The third-order valence-electron chi connectivity index (χ3n) is 4.16. The maximum atomic E-state index is 11.5. The Morgan fingerprint density at radius 3 is 2.52 bits per heavy atom. The van der Waals surface area contributed by atoms with Gasteiger partial charge >= 0.3 is 0 Å². The Morgan fingerprint density at radius 1 is 1.24 bits per heavy atom. The van der Waals surface area contributed by atoms with Crippen LogP contribution >= 0.6 is 0 Å². The lowest BCUT2D eigenvalue weighted by atomic mass is 9.99. The Hall–Kier alpha value is -0.910. The van der Waals surface area contributed by atoms with Gasteiger partial charge in [-0.15, -0.1) is 0 Å². The van der Waals surface area contributed by atoms with E-state index in [2.05, 4.69) is 32.0 Å². The van der Waals surface area contributed by atoms with Crippen molar-refractivity contribution in [2.75, 3.05) is 26.0 Å². The molecule has 2 rings (SSSR count). The molecule has 1 heterocycles. The van der Waals surface area contributed by atoms with Gasteiger partial charge in [0.25, 0.3) is 0 Å². The number of aryl methyl sites for hydroxylation is 2. The maximum Gasteiger partial charge on any atom is 0.211 e. The third-order valence-corrected chi connectivity index (χ3v) is 5.46. The van der Waals surface area contributed by atoms with Crippen LogP contribution in [-0.4, -0.2) is 38.7 Å². The zero-order valence-electron chi connectivity index (χ0n) is 13.1. The van der Waals surface area contributed by atoms with E-state index < -0.39 is 10.0 Å². The molecule has 1 aliphatic heterocycles. The zero-order valence-corrected chi connectivity index (χ0v) is 13.9. The van der Waals surface area contributed by atoms with Crippen molar-refractivity contribution in [3.8, 4) is 0 Å². The van der Waals surface area contributed by atoms with E-state index >= 15 is 0 Å². The summed E-state index contributed by atoms with van der Waals surface area (Å²) in [5.41, 5.74) is 3.75. The lowest BCUT2D eigenvalue weighted by molar-refractivity contribution is 0.0686. The fourth-order valence-electron chi connectivity index (χ4n) is 2.70. The Balaban J connectivity index is 1.77. The summed E-state index contributed by atoms with van der Waals surface area (Å²) < 4.78 is 30.3. The van der Waals surface area contributed by atoms with Crippen molar-refractivity contribution < 1.29 is 13.2 Å². The average molecular weight is 311 g/mol. The molecule has 0 amide bonds. The van der Waals surface area contributed by atoms with E-state index in [-0.39, 0.29) is 0 Å². The van der Waals surface area contributed by atoms with Crippen LogP contribution in [-0.2, 0) is 21.4 Å². The van der Waals surface area contributed by atoms with Gasteiger partial charge in [0.2, 0.25) is 10.0 Å². The standard InChI is InChI=1S/C16H25NO3S/c1-13-4-5-14(2)16(10-13)12-20-11-15-6-8-17(9-7-15)21(3,18)19/h4-5,10,15H,6-9,11-12H2,1-3H3. The van der Waals surface area contributed by atoms with E-state index in [4.69, 9.17) is 4.74 Å². The van der Waals surface area contributed by atoms with Gasteiger partial charge < -0.3 is 4.74 Å². The minimum absolute atomic E-state index is 0.466. The molecule has 1 saturated heterocycles. The Bertz CT molecular complexity index is 575. The van der Waals surface area contributed by atoms with Gasteiger partial charge in [0.1, 0.15) is 0 Å². The Morgan fingerprint density at radius 2 is 1.90 bits per heavy atom. The number of hydrogen-bond acceptors (Lipinski definition) is 3. The molecule has 0 aliphatic carbocycles. The number of piperidine rings is 1. The molecule has 1 aromatic carbocycles. The molecule has 0 spiro atoms. The molecule has 4 nitrogen and oxygen atoms in total. The van der Waals surface area contributed by atoms with E-state index in [1.807, 2.05) is 0 Å². The molecule has 0 saturated carbocycles. The van der Waals surface area contributed by atoms with Crippen LogP contribution in [0.15, 0.2) is 18.2 Å². The first kappa shape index (κ1) is 16.5. The predicted molar refractivity (Wildman–Crippen MR) is 84.7 cm³/mol. The van der Waals surface area contributed by atoms with Gasteiger partial charge in [0, 0.05) is 19.7 Å². The van der Waals surface area contributed by atoms with Crippen LogP contribution in [0.25, 0.3) is 0 Å². The Kier molecular flexibility index (Phi) is 5.41. The summed E-state index contributed by atoms with van der Waals surface area (Å²) in [4.78, 5) is 0. The molecule has 0 atom stereocenters. The fourth-order valence-corrected chi connectivity index (χ4v) is 3.57. The quantitative estimate of drug-likeness (QED) is 0.839. The molecule has 0 aromatic heterocycles. The maximum absolute atomic E-state index is 11.5. The number of rotatable bonds is 5. The first-order valence-corrected chi connectivity index (χ1v) is 9.30. The third kappa shape index (κ3) is 4.80. The molecule has 118 valence electrons. The summed E-state index contributed by atoms with van der Waals surface area (Å²) in [7, 11) is -3.03. The van der Waals surface area contributed by atoms with Crippen LogP contribution in [0, 0.1) is 19.8 Å². The lowest BCUT2D eigenvalue weighted by Gasteiger charge is -2.30. The summed E-state index contributed by atoms with van der Waals surface area (Å²) in [5, 5.41) is 0. The van der Waals surface area contributed by atoms with Crippen molar-refractivity contribution in [3.63, 3.8) is 0 Å². The van der Waals surface area contributed by atoms with Crippen molar-refractivity contribution in [1.82, 2.24) is 4.31 Å². The van der Waals surface area contributed by atoms with Crippen LogP contribution in [0.5, 0.6) is 0 Å². The molecule has 1 aliphatic rings.